The smallest absolute Gasteiger partial charge is 0.274 e. The first-order chi connectivity index (χ1) is 6.65. The number of rotatable bonds is 3. The highest BCUT2D eigenvalue weighted by Gasteiger charge is 2.06. The minimum absolute atomic E-state index is 0.204. The fraction of sp³-hybridized carbons (Fsp3) is 0.300. The maximum Gasteiger partial charge on any atom is 0.274 e. The van der Waals surface area contributed by atoms with Crippen LogP contribution in [0.15, 0.2) is 18.2 Å². The lowest BCUT2D eigenvalue weighted by molar-refractivity contribution is 0.0364. The van der Waals surface area contributed by atoms with Crippen molar-refractivity contribution >= 4 is 28.5 Å². The molecule has 0 saturated carbocycles. The van der Waals surface area contributed by atoms with Crippen LogP contribution < -0.4 is 5.48 Å². The van der Waals surface area contributed by atoms with Crippen molar-refractivity contribution in [1.29, 1.82) is 0 Å². The molecule has 14 heavy (non-hydrogen) atoms. The van der Waals surface area contributed by atoms with Crippen molar-refractivity contribution in [3.63, 3.8) is 0 Å². The summed E-state index contributed by atoms with van der Waals surface area (Å²) in [4.78, 5) is 16.2. The number of carbonyl (C=O) groups is 1. The van der Waals surface area contributed by atoms with E-state index in [1.165, 1.54) is 5.56 Å². The van der Waals surface area contributed by atoms with Gasteiger partial charge in [0.2, 0.25) is 0 Å². The molecular weight excluding hydrogens is 293 g/mol. The molecule has 0 aromatic heterocycles. The average Bonchev–Trinajstić information content (AvgIpc) is 2.18. The zero-order valence-corrected chi connectivity index (χ0v) is 10.3. The van der Waals surface area contributed by atoms with Crippen LogP contribution in [0.5, 0.6) is 0 Å². The summed E-state index contributed by atoms with van der Waals surface area (Å²) in [6.07, 6.45) is 0. The fourth-order valence-electron chi connectivity index (χ4n) is 0.931. The van der Waals surface area contributed by atoms with Crippen LogP contribution in [0.1, 0.15) is 22.8 Å². The van der Waals surface area contributed by atoms with Crippen molar-refractivity contribution in [2.45, 2.75) is 13.8 Å². The van der Waals surface area contributed by atoms with Crippen LogP contribution in [0.2, 0.25) is 0 Å². The molecule has 1 aromatic rings. The lowest BCUT2D eigenvalue weighted by Gasteiger charge is -2.05. The second kappa shape index (κ2) is 5.31. The summed E-state index contributed by atoms with van der Waals surface area (Å²) in [6.45, 7) is 4.29. The van der Waals surface area contributed by atoms with Crippen molar-refractivity contribution < 1.29 is 9.63 Å². The molecule has 0 saturated heterocycles. The van der Waals surface area contributed by atoms with Gasteiger partial charge in [0.15, 0.2) is 0 Å². The van der Waals surface area contributed by atoms with Gasteiger partial charge >= 0.3 is 0 Å². The first kappa shape index (κ1) is 11.5. The predicted molar refractivity (Wildman–Crippen MR) is 63.0 cm³/mol. The van der Waals surface area contributed by atoms with Crippen molar-refractivity contribution in [3.05, 3.63) is 32.9 Å². The Morgan fingerprint density at radius 3 is 2.86 bits per heavy atom. The number of benzene rings is 1. The first-order valence-electron chi connectivity index (χ1n) is 4.33. The van der Waals surface area contributed by atoms with Crippen LogP contribution >= 0.6 is 22.6 Å². The van der Waals surface area contributed by atoms with E-state index in [4.69, 9.17) is 4.84 Å². The molecule has 1 rings (SSSR count). The average molecular weight is 305 g/mol. The Bertz CT molecular complexity index is 339. The van der Waals surface area contributed by atoms with E-state index in [9.17, 15) is 4.79 Å². The first-order valence-corrected chi connectivity index (χ1v) is 5.41. The summed E-state index contributed by atoms with van der Waals surface area (Å²) in [5, 5.41) is 0. The monoisotopic (exact) mass is 305 g/mol. The molecule has 0 heterocycles. The summed E-state index contributed by atoms with van der Waals surface area (Å²) >= 11 is 2.20. The SMILES string of the molecule is CCONC(=O)c1ccc(C)c(I)c1. The summed E-state index contributed by atoms with van der Waals surface area (Å²) in [5.74, 6) is -0.204. The van der Waals surface area contributed by atoms with Crippen molar-refractivity contribution in [1.82, 2.24) is 5.48 Å². The largest absolute Gasteiger partial charge is 0.274 e. The minimum Gasteiger partial charge on any atom is -0.274 e. The highest BCUT2D eigenvalue weighted by atomic mass is 127. The molecule has 0 bridgehead atoms. The van der Waals surface area contributed by atoms with Gasteiger partial charge in [0, 0.05) is 9.13 Å². The third-order valence-corrected chi connectivity index (χ3v) is 2.91. The zero-order chi connectivity index (χ0) is 10.6. The van der Waals surface area contributed by atoms with E-state index in [1.54, 1.807) is 6.07 Å². The van der Waals surface area contributed by atoms with E-state index in [1.807, 2.05) is 26.0 Å². The Hall–Kier alpha value is -0.620. The van der Waals surface area contributed by atoms with Gasteiger partial charge in [-0.1, -0.05) is 6.07 Å². The molecule has 4 heteroatoms. The van der Waals surface area contributed by atoms with Gasteiger partial charge in [-0.15, -0.1) is 0 Å². The number of nitrogens with one attached hydrogen (secondary N) is 1. The molecule has 0 aliphatic heterocycles. The number of halogens is 1. The van der Waals surface area contributed by atoms with Crippen LogP contribution in [-0.4, -0.2) is 12.5 Å². The normalized spacial score (nSPS) is 9.93. The highest BCUT2D eigenvalue weighted by Crippen LogP contribution is 2.13. The lowest BCUT2D eigenvalue weighted by Crippen LogP contribution is -2.23. The molecule has 0 aliphatic carbocycles. The number of carbonyl (C=O) groups excluding carboxylic acids is 1. The Morgan fingerprint density at radius 1 is 1.57 bits per heavy atom. The molecule has 0 aliphatic rings. The fourth-order valence-corrected chi connectivity index (χ4v) is 1.45. The Morgan fingerprint density at radius 2 is 2.29 bits per heavy atom. The van der Waals surface area contributed by atoms with Crippen LogP contribution in [0, 0.1) is 10.5 Å². The van der Waals surface area contributed by atoms with E-state index in [-0.39, 0.29) is 5.91 Å². The Labute approximate surface area is 96.9 Å². The summed E-state index contributed by atoms with van der Waals surface area (Å²) in [5.41, 5.74) is 4.14. The standard InChI is InChI=1S/C10H12INO2/c1-3-14-12-10(13)8-5-4-7(2)9(11)6-8/h4-6H,3H2,1-2H3,(H,12,13). The van der Waals surface area contributed by atoms with Gasteiger partial charge in [-0.2, -0.15) is 0 Å². The van der Waals surface area contributed by atoms with Gasteiger partial charge in [0.1, 0.15) is 0 Å². The van der Waals surface area contributed by atoms with Gasteiger partial charge in [-0.25, -0.2) is 5.48 Å². The number of hydroxylamine groups is 1. The van der Waals surface area contributed by atoms with E-state index in [0.717, 1.165) is 3.57 Å². The number of aryl methyl sites for hydroxylation is 1. The molecule has 0 atom stereocenters. The van der Waals surface area contributed by atoms with E-state index >= 15 is 0 Å². The highest BCUT2D eigenvalue weighted by molar-refractivity contribution is 14.1. The lowest BCUT2D eigenvalue weighted by atomic mass is 10.1. The topological polar surface area (TPSA) is 38.3 Å². The number of hydrogen-bond donors (Lipinski definition) is 1. The maximum atomic E-state index is 11.4. The van der Waals surface area contributed by atoms with E-state index < -0.39 is 0 Å². The molecule has 0 radical (unpaired) electrons. The van der Waals surface area contributed by atoms with Crippen LogP contribution in [0.25, 0.3) is 0 Å². The molecule has 1 aromatic carbocycles. The van der Waals surface area contributed by atoms with Crippen LogP contribution in [0.4, 0.5) is 0 Å². The Balaban J connectivity index is 2.76. The van der Waals surface area contributed by atoms with Gasteiger partial charge in [-0.05, 0) is 54.1 Å². The molecule has 1 amide bonds. The minimum atomic E-state index is -0.204. The molecule has 0 spiro atoms. The third kappa shape index (κ3) is 2.95. The summed E-state index contributed by atoms with van der Waals surface area (Å²) < 4.78 is 1.08. The van der Waals surface area contributed by atoms with Crippen LogP contribution in [-0.2, 0) is 4.84 Å². The second-order valence-corrected chi connectivity index (χ2v) is 3.99. The van der Waals surface area contributed by atoms with E-state index in [2.05, 4.69) is 28.1 Å². The van der Waals surface area contributed by atoms with Crippen molar-refractivity contribution in [2.24, 2.45) is 0 Å². The maximum absolute atomic E-state index is 11.4. The van der Waals surface area contributed by atoms with Gasteiger partial charge in [0.05, 0.1) is 6.61 Å². The predicted octanol–water partition coefficient (Wildman–Crippen LogP) is 2.28. The van der Waals surface area contributed by atoms with Crippen molar-refractivity contribution in [2.75, 3.05) is 6.61 Å². The van der Waals surface area contributed by atoms with Gasteiger partial charge in [-0.3, -0.25) is 9.63 Å². The van der Waals surface area contributed by atoms with E-state index in [0.29, 0.717) is 12.2 Å². The summed E-state index contributed by atoms with van der Waals surface area (Å²) in [6, 6.07) is 5.54. The molecule has 0 fully saturated rings. The Kier molecular flexibility index (Phi) is 4.34. The quantitative estimate of drug-likeness (QED) is 0.687. The van der Waals surface area contributed by atoms with Crippen LogP contribution in [0.3, 0.4) is 0 Å². The number of hydrogen-bond acceptors (Lipinski definition) is 2. The molecular formula is C10H12INO2. The van der Waals surface area contributed by atoms with Gasteiger partial charge in [0.25, 0.3) is 5.91 Å². The molecule has 3 nitrogen and oxygen atoms in total. The molecule has 76 valence electrons. The molecule has 0 unspecified atom stereocenters. The summed E-state index contributed by atoms with van der Waals surface area (Å²) in [7, 11) is 0. The number of amides is 1. The molecule has 1 N–H and O–H groups in total. The third-order valence-electron chi connectivity index (χ3n) is 1.74. The van der Waals surface area contributed by atoms with Crippen molar-refractivity contribution in [3.8, 4) is 0 Å². The van der Waals surface area contributed by atoms with Gasteiger partial charge < -0.3 is 0 Å². The second-order valence-electron chi connectivity index (χ2n) is 2.83. The zero-order valence-electron chi connectivity index (χ0n) is 8.13.